The number of amides is 1. The van der Waals surface area contributed by atoms with Crippen molar-refractivity contribution in [3.05, 3.63) is 24.3 Å². The summed E-state index contributed by atoms with van der Waals surface area (Å²) in [5.74, 6) is 2.16. The van der Waals surface area contributed by atoms with Crippen LogP contribution in [0.2, 0.25) is 0 Å². The monoisotopic (exact) mass is 281 g/mol. The van der Waals surface area contributed by atoms with Gasteiger partial charge in [0.25, 0.3) is 10.1 Å². The van der Waals surface area contributed by atoms with E-state index < -0.39 is 10.1 Å². The van der Waals surface area contributed by atoms with E-state index >= 15 is 0 Å². The Hall–Kier alpha value is -1.84. The molecule has 0 unspecified atom stereocenters. The lowest BCUT2D eigenvalue weighted by Crippen LogP contribution is -2.22. The standard InChI is InChI=1S/C13H15NO4S/c1-4-5-10-18-19(16,17)13-8-6-12(7-9-13)14(3)11(2)15/h1,6-9H,5,10H2,2-3H3. The van der Waals surface area contributed by atoms with Gasteiger partial charge in [-0.2, -0.15) is 8.42 Å². The zero-order valence-corrected chi connectivity index (χ0v) is 11.6. The van der Waals surface area contributed by atoms with Crippen LogP contribution in [0.5, 0.6) is 0 Å². The Morgan fingerprint density at radius 2 is 1.95 bits per heavy atom. The van der Waals surface area contributed by atoms with Crippen LogP contribution < -0.4 is 4.90 Å². The largest absolute Gasteiger partial charge is 0.316 e. The molecule has 0 spiro atoms. The van der Waals surface area contributed by atoms with Gasteiger partial charge in [-0.25, -0.2) is 0 Å². The first-order chi connectivity index (χ1) is 8.88. The summed E-state index contributed by atoms with van der Waals surface area (Å²) in [4.78, 5) is 12.6. The first-order valence-corrected chi connectivity index (χ1v) is 6.96. The van der Waals surface area contributed by atoms with E-state index in [2.05, 4.69) is 5.92 Å². The molecule has 0 aliphatic rings. The number of benzene rings is 1. The molecule has 6 heteroatoms. The Balaban J connectivity index is 2.87. The predicted molar refractivity (Wildman–Crippen MR) is 72.1 cm³/mol. The van der Waals surface area contributed by atoms with Gasteiger partial charge in [-0.15, -0.1) is 12.3 Å². The highest BCUT2D eigenvalue weighted by atomic mass is 32.2. The van der Waals surface area contributed by atoms with Crippen molar-refractivity contribution in [1.29, 1.82) is 0 Å². The van der Waals surface area contributed by atoms with Gasteiger partial charge in [0.15, 0.2) is 0 Å². The van der Waals surface area contributed by atoms with Crippen molar-refractivity contribution in [1.82, 2.24) is 0 Å². The van der Waals surface area contributed by atoms with E-state index in [1.807, 2.05) is 0 Å². The molecule has 0 heterocycles. The van der Waals surface area contributed by atoms with Crippen LogP contribution in [0, 0.1) is 12.3 Å². The second-order valence-corrected chi connectivity index (χ2v) is 5.42. The number of anilines is 1. The van der Waals surface area contributed by atoms with E-state index in [9.17, 15) is 13.2 Å². The summed E-state index contributed by atoms with van der Waals surface area (Å²) in [5, 5.41) is 0. The number of terminal acetylenes is 1. The van der Waals surface area contributed by atoms with E-state index in [0.29, 0.717) is 5.69 Å². The summed E-state index contributed by atoms with van der Waals surface area (Å²) in [6, 6.07) is 5.86. The highest BCUT2D eigenvalue weighted by Crippen LogP contribution is 2.18. The summed E-state index contributed by atoms with van der Waals surface area (Å²) >= 11 is 0. The summed E-state index contributed by atoms with van der Waals surface area (Å²) in [6.45, 7) is 1.38. The van der Waals surface area contributed by atoms with E-state index in [1.54, 1.807) is 19.2 Å². The fraction of sp³-hybridized carbons (Fsp3) is 0.308. The maximum absolute atomic E-state index is 11.8. The summed E-state index contributed by atoms with van der Waals surface area (Å²) in [5.41, 5.74) is 0.607. The lowest BCUT2D eigenvalue weighted by Gasteiger charge is -2.15. The molecule has 0 fully saturated rings. The summed E-state index contributed by atoms with van der Waals surface area (Å²) in [6.07, 6.45) is 5.24. The Kier molecular flexibility index (Phi) is 5.10. The number of hydrogen-bond donors (Lipinski definition) is 0. The van der Waals surface area contributed by atoms with Gasteiger partial charge >= 0.3 is 0 Å². The lowest BCUT2D eigenvalue weighted by atomic mass is 10.3. The van der Waals surface area contributed by atoms with Crippen molar-refractivity contribution in [2.24, 2.45) is 0 Å². The zero-order valence-electron chi connectivity index (χ0n) is 10.8. The van der Waals surface area contributed by atoms with Gasteiger partial charge in [0.05, 0.1) is 11.5 Å². The topological polar surface area (TPSA) is 63.7 Å². The van der Waals surface area contributed by atoms with Gasteiger partial charge in [-0.05, 0) is 24.3 Å². The van der Waals surface area contributed by atoms with Crippen LogP contribution in [-0.2, 0) is 19.1 Å². The number of rotatable bonds is 5. The third-order valence-corrected chi connectivity index (χ3v) is 3.80. The highest BCUT2D eigenvalue weighted by molar-refractivity contribution is 7.86. The third-order valence-electron chi connectivity index (χ3n) is 2.47. The number of carbonyl (C=O) groups excluding carboxylic acids is 1. The molecule has 0 aromatic heterocycles. The van der Waals surface area contributed by atoms with E-state index in [1.165, 1.54) is 24.0 Å². The molecule has 0 saturated heterocycles. The smallest absolute Gasteiger partial charge is 0.297 e. The SMILES string of the molecule is C#CCCOS(=O)(=O)c1ccc(N(C)C(C)=O)cc1. The Morgan fingerprint density at radius 3 is 2.42 bits per heavy atom. The first-order valence-electron chi connectivity index (χ1n) is 5.55. The van der Waals surface area contributed by atoms with Crippen LogP contribution in [-0.4, -0.2) is 28.0 Å². The molecule has 1 amide bonds. The maximum Gasteiger partial charge on any atom is 0.297 e. The Morgan fingerprint density at radius 1 is 1.37 bits per heavy atom. The molecule has 0 radical (unpaired) electrons. The van der Waals surface area contributed by atoms with Gasteiger partial charge in [0, 0.05) is 26.1 Å². The molecule has 102 valence electrons. The Bertz CT molecular complexity index is 584. The highest BCUT2D eigenvalue weighted by Gasteiger charge is 2.15. The van der Waals surface area contributed by atoms with Crippen molar-refractivity contribution >= 4 is 21.7 Å². The predicted octanol–water partition coefficient (Wildman–Crippen LogP) is 1.40. The van der Waals surface area contributed by atoms with Crippen LogP contribution in [0.1, 0.15) is 13.3 Å². The minimum Gasteiger partial charge on any atom is -0.316 e. The van der Waals surface area contributed by atoms with E-state index in [4.69, 9.17) is 10.6 Å². The maximum atomic E-state index is 11.8. The fourth-order valence-electron chi connectivity index (χ4n) is 1.30. The van der Waals surface area contributed by atoms with Crippen molar-refractivity contribution in [2.75, 3.05) is 18.6 Å². The quantitative estimate of drug-likeness (QED) is 0.465. The number of nitrogens with zero attached hydrogens (tertiary/aromatic N) is 1. The van der Waals surface area contributed by atoms with E-state index in [-0.39, 0.29) is 23.8 Å². The molecule has 0 aliphatic carbocycles. The zero-order chi connectivity index (χ0) is 14.5. The van der Waals surface area contributed by atoms with Crippen molar-refractivity contribution in [3.63, 3.8) is 0 Å². The molecule has 5 nitrogen and oxygen atoms in total. The Labute approximate surface area is 113 Å². The molecule has 0 bridgehead atoms. The average Bonchev–Trinajstić information content (AvgIpc) is 2.38. The second-order valence-electron chi connectivity index (χ2n) is 3.80. The van der Waals surface area contributed by atoms with Gasteiger partial charge in [0.1, 0.15) is 0 Å². The number of carbonyl (C=O) groups is 1. The second kappa shape index (κ2) is 6.36. The third kappa shape index (κ3) is 4.09. The van der Waals surface area contributed by atoms with Crippen LogP contribution >= 0.6 is 0 Å². The van der Waals surface area contributed by atoms with Gasteiger partial charge in [-0.1, -0.05) is 0 Å². The first kappa shape index (κ1) is 15.2. The van der Waals surface area contributed by atoms with Gasteiger partial charge < -0.3 is 4.90 Å². The molecular weight excluding hydrogens is 266 g/mol. The minimum absolute atomic E-state index is 0.0326. The fourth-order valence-corrected chi connectivity index (χ4v) is 2.20. The minimum atomic E-state index is -3.79. The van der Waals surface area contributed by atoms with Crippen molar-refractivity contribution < 1.29 is 17.4 Å². The molecule has 0 saturated carbocycles. The molecule has 19 heavy (non-hydrogen) atoms. The van der Waals surface area contributed by atoms with Crippen LogP contribution in [0.25, 0.3) is 0 Å². The molecular formula is C13H15NO4S. The molecule has 1 aromatic carbocycles. The van der Waals surface area contributed by atoms with Gasteiger partial charge in [0.2, 0.25) is 5.91 Å². The normalized spacial score (nSPS) is 10.8. The molecule has 1 aromatic rings. The number of hydrogen-bond acceptors (Lipinski definition) is 4. The average molecular weight is 281 g/mol. The molecule has 0 atom stereocenters. The summed E-state index contributed by atoms with van der Waals surface area (Å²) in [7, 11) is -2.19. The van der Waals surface area contributed by atoms with Crippen LogP contribution in [0.15, 0.2) is 29.2 Å². The van der Waals surface area contributed by atoms with Crippen molar-refractivity contribution in [2.45, 2.75) is 18.2 Å². The molecule has 0 aliphatic heterocycles. The summed E-state index contributed by atoms with van der Waals surface area (Å²) < 4.78 is 28.3. The van der Waals surface area contributed by atoms with E-state index in [0.717, 1.165) is 0 Å². The molecule has 1 rings (SSSR count). The van der Waals surface area contributed by atoms with Crippen LogP contribution in [0.4, 0.5) is 5.69 Å². The van der Waals surface area contributed by atoms with Gasteiger partial charge in [-0.3, -0.25) is 8.98 Å². The van der Waals surface area contributed by atoms with Crippen molar-refractivity contribution in [3.8, 4) is 12.3 Å². The van der Waals surface area contributed by atoms with Crippen LogP contribution in [0.3, 0.4) is 0 Å². The lowest BCUT2D eigenvalue weighted by molar-refractivity contribution is -0.116. The molecule has 0 N–H and O–H groups in total.